The summed E-state index contributed by atoms with van der Waals surface area (Å²) < 4.78 is 0.867. The molecule has 0 heterocycles. The molecule has 0 saturated heterocycles. The molecule has 0 unspecified atom stereocenters. The van der Waals surface area contributed by atoms with Crippen molar-refractivity contribution in [3.05, 3.63) is 33.8 Å². The van der Waals surface area contributed by atoms with Crippen LogP contribution in [0.15, 0.2) is 22.7 Å². The van der Waals surface area contributed by atoms with Crippen molar-refractivity contribution in [1.29, 1.82) is 0 Å². The summed E-state index contributed by atoms with van der Waals surface area (Å²) in [4.78, 5) is 12.2. The van der Waals surface area contributed by atoms with E-state index in [4.69, 9.17) is 0 Å². The molecule has 0 aromatic heterocycles. The van der Waals surface area contributed by atoms with E-state index >= 15 is 0 Å². The number of halogens is 1. The van der Waals surface area contributed by atoms with Gasteiger partial charge in [-0.3, -0.25) is 4.79 Å². The zero-order chi connectivity index (χ0) is 12.5. The number of carbonyl (C=O) groups excluding carboxylic acids is 1. The van der Waals surface area contributed by atoms with Gasteiger partial charge in [0.25, 0.3) is 5.91 Å². The van der Waals surface area contributed by atoms with Gasteiger partial charge in [-0.2, -0.15) is 0 Å². The molecule has 0 atom stereocenters. The van der Waals surface area contributed by atoms with E-state index in [0.717, 1.165) is 34.9 Å². The van der Waals surface area contributed by atoms with Gasteiger partial charge in [0, 0.05) is 10.0 Å². The Morgan fingerprint density at radius 3 is 2.71 bits per heavy atom. The van der Waals surface area contributed by atoms with E-state index in [2.05, 4.69) is 28.2 Å². The molecule has 0 radical (unpaired) electrons. The Balaban J connectivity index is 2.17. The van der Waals surface area contributed by atoms with Gasteiger partial charge in [-0.05, 0) is 60.7 Å². The first-order valence-corrected chi connectivity index (χ1v) is 6.94. The largest absolute Gasteiger partial charge is 0.347 e. The van der Waals surface area contributed by atoms with Crippen LogP contribution in [0.1, 0.15) is 48.5 Å². The Labute approximate surface area is 111 Å². The normalized spacial score (nSPS) is 17.4. The molecular formula is C14H18BrNO. The molecule has 1 amide bonds. The van der Waals surface area contributed by atoms with Crippen molar-refractivity contribution in [1.82, 2.24) is 5.32 Å². The lowest BCUT2D eigenvalue weighted by atomic mass is 9.74. The second-order valence-electron chi connectivity index (χ2n) is 4.92. The maximum Gasteiger partial charge on any atom is 0.252 e. The standard InChI is InChI=1S/C14H18BrNO/c1-3-14(7-4-8-14)16-13(17)11-9-10(2)5-6-12(11)15/h5-6,9H,3-4,7-8H2,1-2H3,(H,16,17). The molecule has 1 N–H and O–H groups in total. The first-order chi connectivity index (χ1) is 8.06. The highest BCUT2D eigenvalue weighted by molar-refractivity contribution is 9.10. The molecule has 0 aliphatic heterocycles. The number of hydrogen-bond acceptors (Lipinski definition) is 1. The fourth-order valence-corrected chi connectivity index (χ4v) is 2.72. The van der Waals surface area contributed by atoms with Gasteiger partial charge in [-0.25, -0.2) is 0 Å². The molecule has 1 fully saturated rings. The predicted octanol–water partition coefficient (Wildman–Crippen LogP) is 3.82. The predicted molar refractivity (Wildman–Crippen MR) is 73.2 cm³/mol. The van der Waals surface area contributed by atoms with Crippen molar-refractivity contribution >= 4 is 21.8 Å². The third kappa shape index (κ3) is 2.54. The zero-order valence-electron chi connectivity index (χ0n) is 10.3. The van der Waals surface area contributed by atoms with Gasteiger partial charge in [0.05, 0.1) is 5.56 Å². The highest BCUT2D eigenvalue weighted by Gasteiger charge is 2.36. The highest BCUT2D eigenvalue weighted by atomic mass is 79.9. The van der Waals surface area contributed by atoms with E-state index in [0.29, 0.717) is 0 Å². The van der Waals surface area contributed by atoms with E-state index in [-0.39, 0.29) is 11.4 Å². The molecule has 3 heteroatoms. The molecule has 0 spiro atoms. The number of rotatable bonds is 3. The molecule has 1 aliphatic rings. The highest BCUT2D eigenvalue weighted by Crippen LogP contribution is 2.35. The first kappa shape index (κ1) is 12.6. The Kier molecular flexibility index (Phi) is 3.57. The fourth-order valence-electron chi connectivity index (χ4n) is 2.29. The number of amides is 1. The number of benzene rings is 1. The van der Waals surface area contributed by atoms with Crippen LogP contribution in [0.2, 0.25) is 0 Å². The van der Waals surface area contributed by atoms with Crippen LogP contribution in [0.25, 0.3) is 0 Å². The first-order valence-electron chi connectivity index (χ1n) is 6.15. The van der Waals surface area contributed by atoms with Gasteiger partial charge < -0.3 is 5.32 Å². The van der Waals surface area contributed by atoms with Crippen molar-refractivity contribution in [3.63, 3.8) is 0 Å². The summed E-state index contributed by atoms with van der Waals surface area (Å²) in [6, 6.07) is 5.87. The smallest absolute Gasteiger partial charge is 0.252 e. The van der Waals surface area contributed by atoms with Crippen LogP contribution in [0.4, 0.5) is 0 Å². The van der Waals surface area contributed by atoms with Crippen LogP contribution in [-0.4, -0.2) is 11.4 Å². The molecule has 1 aliphatic carbocycles. The van der Waals surface area contributed by atoms with Crippen molar-refractivity contribution in [3.8, 4) is 0 Å². The van der Waals surface area contributed by atoms with Crippen molar-refractivity contribution < 1.29 is 4.79 Å². The monoisotopic (exact) mass is 295 g/mol. The minimum Gasteiger partial charge on any atom is -0.347 e. The van der Waals surface area contributed by atoms with Crippen LogP contribution < -0.4 is 5.32 Å². The van der Waals surface area contributed by atoms with Gasteiger partial charge in [-0.15, -0.1) is 0 Å². The van der Waals surface area contributed by atoms with Crippen LogP contribution in [0.3, 0.4) is 0 Å². The lowest BCUT2D eigenvalue weighted by Gasteiger charge is -2.42. The topological polar surface area (TPSA) is 29.1 Å². The summed E-state index contributed by atoms with van der Waals surface area (Å²) in [5.74, 6) is 0.0436. The molecule has 1 saturated carbocycles. The van der Waals surface area contributed by atoms with Crippen LogP contribution >= 0.6 is 15.9 Å². The molecule has 2 rings (SSSR count). The maximum absolute atomic E-state index is 12.2. The average molecular weight is 296 g/mol. The Bertz CT molecular complexity index is 432. The molecule has 92 valence electrons. The van der Waals surface area contributed by atoms with Crippen LogP contribution in [-0.2, 0) is 0 Å². The lowest BCUT2D eigenvalue weighted by molar-refractivity contribution is 0.0819. The van der Waals surface area contributed by atoms with E-state index in [1.165, 1.54) is 6.42 Å². The summed E-state index contributed by atoms with van der Waals surface area (Å²) in [6.45, 7) is 4.15. The van der Waals surface area contributed by atoms with Gasteiger partial charge in [0.15, 0.2) is 0 Å². The van der Waals surface area contributed by atoms with E-state index in [1.54, 1.807) is 0 Å². The van der Waals surface area contributed by atoms with Gasteiger partial charge in [0.2, 0.25) is 0 Å². The number of aryl methyl sites for hydroxylation is 1. The number of nitrogens with one attached hydrogen (secondary N) is 1. The van der Waals surface area contributed by atoms with Gasteiger partial charge in [-0.1, -0.05) is 18.6 Å². The van der Waals surface area contributed by atoms with Crippen molar-refractivity contribution in [2.45, 2.75) is 45.1 Å². The Morgan fingerprint density at radius 1 is 1.47 bits per heavy atom. The number of carbonyl (C=O) groups is 1. The van der Waals surface area contributed by atoms with E-state index < -0.39 is 0 Å². The zero-order valence-corrected chi connectivity index (χ0v) is 11.9. The van der Waals surface area contributed by atoms with Gasteiger partial charge in [0.1, 0.15) is 0 Å². The average Bonchev–Trinajstić information content (AvgIpc) is 2.26. The summed E-state index contributed by atoms with van der Waals surface area (Å²) in [5, 5.41) is 3.19. The maximum atomic E-state index is 12.2. The summed E-state index contributed by atoms with van der Waals surface area (Å²) in [7, 11) is 0. The molecule has 17 heavy (non-hydrogen) atoms. The Morgan fingerprint density at radius 2 is 2.18 bits per heavy atom. The minimum absolute atomic E-state index is 0.0436. The fraction of sp³-hybridized carbons (Fsp3) is 0.500. The lowest BCUT2D eigenvalue weighted by Crippen LogP contribution is -2.53. The Hall–Kier alpha value is -0.830. The van der Waals surface area contributed by atoms with Crippen LogP contribution in [0, 0.1) is 6.92 Å². The molecular weight excluding hydrogens is 278 g/mol. The molecule has 1 aromatic carbocycles. The minimum atomic E-state index is 0.0436. The quantitative estimate of drug-likeness (QED) is 0.902. The molecule has 2 nitrogen and oxygen atoms in total. The van der Waals surface area contributed by atoms with Crippen molar-refractivity contribution in [2.24, 2.45) is 0 Å². The van der Waals surface area contributed by atoms with Gasteiger partial charge >= 0.3 is 0 Å². The van der Waals surface area contributed by atoms with E-state index in [1.807, 2.05) is 25.1 Å². The third-order valence-electron chi connectivity index (χ3n) is 3.73. The van der Waals surface area contributed by atoms with Crippen LogP contribution in [0.5, 0.6) is 0 Å². The molecule has 0 bridgehead atoms. The van der Waals surface area contributed by atoms with E-state index in [9.17, 15) is 4.79 Å². The second kappa shape index (κ2) is 4.81. The third-order valence-corrected chi connectivity index (χ3v) is 4.42. The number of hydrogen-bond donors (Lipinski definition) is 1. The summed E-state index contributed by atoms with van der Waals surface area (Å²) in [5.41, 5.74) is 1.91. The molecule has 1 aromatic rings. The summed E-state index contributed by atoms with van der Waals surface area (Å²) >= 11 is 3.44. The second-order valence-corrected chi connectivity index (χ2v) is 5.78. The summed E-state index contributed by atoms with van der Waals surface area (Å²) in [6.07, 6.45) is 4.46. The SMILES string of the molecule is CCC1(NC(=O)c2cc(C)ccc2Br)CCC1. The van der Waals surface area contributed by atoms with Crippen molar-refractivity contribution in [2.75, 3.05) is 0 Å².